The number of unbranched alkanes of at least 4 members (excludes halogenated alkanes) is 2. The largest absolute Gasteiger partial charge is 0.426 e. The van der Waals surface area contributed by atoms with E-state index in [0.29, 0.717) is 10.1 Å². The average molecular weight is 259 g/mol. The first-order valence-electron chi connectivity index (χ1n) is 4.83. The number of halogens is 1. The molecule has 1 heterocycles. The van der Waals surface area contributed by atoms with Crippen LogP contribution in [0.4, 0.5) is 0 Å². The van der Waals surface area contributed by atoms with Gasteiger partial charge in [-0.25, -0.2) is 0 Å². The summed E-state index contributed by atoms with van der Waals surface area (Å²) < 4.78 is 1.67. The number of rotatable bonds is 4. The zero-order valence-corrected chi connectivity index (χ0v) is 9.87. The minimum absolute atomic E-state index is 0.593. The first-order chi connectivity index (χ1) is 6.75. The van der Waals surface area contributed by atoms with E-state index in [0.717, 1.165) is 17.7 Å². The molecule has 14 heavy (non-hydrogen) atoms. The minimum Gasteiger partial charge on any atom is -0.426 e. The third kappa shape index (κ3) is 3.18. The molecule has 4 heteroatoms. The summed E-state index contributed by atoms with van der Waals surface area (Å²) in [6.07, 6.45) is 3.44. The number of hydrogen-bond acceptors (Lipinski definition) is 2. The summed E-state index contributed by atoms with van der Waals surface area (Å²) in [6, 6.07) is 5.41. The topological polar surface area (TPSA) is 37.5 Å². The van der Waals surface area contributed by atoms with Crippen molar-refractivity contribution in [1.29, 1.82) is 0 Å². The number of aromatic nitrogens is 1. The Balaban J connectivity index is 2.70. The lowest BCUT2D eigenvalue weighted by molar-refractivity contribution is 0.164. The minimum atomic E-state index is 0.593. The zero-order chi connectivity index (χ0) is 10.4. The lowest BCUT2D eigenvalue weighted by Gasteiger charge is -2.00. The van der Waals surface area contributed by atoms with Crippen LogP contribution in [0.1, 0.15) is 26.2 Å². The van der Waals surface area contributed by atoms with Crippen molar-refractivity contribution < 1.29 is 5.21 Å². The highest BCUT2D eigenvalue weighted by Crippen LogP contribution is 2.02. The summed E-state index contributed by atoms with van der Waals surface area (Å²) in [4.78, 5) is 4.29. The van der Waals surface area contributed by atoms with Gasteiger partial charge in [0.1, 0.15) is 4.60 Å². The van der Waals surface area contributed by atoms with E-state index in [4.69, 9.17) is 0 Å². The first kappa shape index (κ1) is 11.3. The molecule has 0 atom stereocenters. The molecule has 1 rings (SSSR count). The van der Waals surface area contributed by atoms with E-state index >= 15 is 0 Å². The Kier molecular flexibility index (Phi) is 4.73. The van der Waals surface area contributed by atoms with Gasteiger partial charge in [-0.3, -0.25) is 4.99 Å². The van der Waals surface area contributed by atoms with Gasteiger partial charge in [-0.2, -0.15) is 4.73 Å². The van der Waals surface area contributed by atoms with Crippen molar-refractivity contribution in [3.63, 3.8) is 0 Å². The van der Waals surface area contributed by atoms with Gasteiger partial charge in [0.05, 0.1) is 0 Å². The van der Waals surface area contributed by atoms with Crippen molar-refractivity contribution in [2.75, 3.05) is 6.54 Å². The van der Waals surface area contributed by atoms with Gasteiger partial charge in [0.2, 0.25) is 0 Å². The zero-order valence-electron chi connectivity index (χ0n) is 8.28. The van der Waals surface area contributed by atoms with E-state index in [1.165, 1.54) is 12.8 Å². The van der Waals surface area contributed by atoms with Crippen molar-refractivity contribution in [2.45, 2.75) is 26.2 Å². The van der Waals surface area contributed by atoms with Gasteiger partial charge in [-0.1, -0.05) is 25.8 Å². The predicted molar refractivity (Wildman–Crippen MR) is 59.3 cm³/mol. The van der Waals surface area contributed by atoms with Crippen LogP contribution in [0.2, 0.25) is 0 Å². The Labute approximate surface area is 92.2 Å². The molecule has 1 aromatic heterocycles. The molecular weight excluding hydrogens is 244 g/mol. The lowest BCUT2D eigenvalue weighted by atomic mass is 10.2. The van der Waals surface area contributed by atoms with Crippen molar-refractivity contribution in [3.8, 4) is 0 Å². The molecule has 0 aromatic carbocycles. The Hall–Kier alpha value is -0.770. The molecule has 0 radical (unpaired) electrons. The molecule has 0 unspecified atom stereocenters. The van der Waals surface area contributed by atoms with Crippen LogP contribution in [0.3, 0.4) is 0 Å². The highest BCUT2D eigenvalue weighted by Gasteiger charge is 1.94. The molecule has 0 spiro atoms. The summed E-state index contributed by atoms with van der Waals surface area (Å²) in [5, 5.41) is 9.53. The maximum atomic E-state index is 9.53. The van der Waals surface area contributed by atoms with Gasteiger partial charge in [0, 0.05) is 6.54 Å². The highest BCUT2D eigenvalue weighted by molar-refractivity contribution is 9.10. The first-order valence-corrected chi connectivity index (χ1v) is 5.62. The van der Waals surface area contributed by atoms with Crippen LogP contribution in [-0.2, 0) is 0 Å². The number of nitrogens with zero attached hydrogens (tertiary/aromatic N) is 2. The normalized spacial score (nSPS) is 12.0. The fourth-order valence-corrected chi connectivity index (χ4v) is 1.47. The summed E-state index contributed by atoms with van der Waals surface area (Å²) in [6.45, 7) is 2.93. The standard InChI is InChI=1S/C10H15BrN2O/c1-2-3-4-8-12-10-7-5-6-9(11)13(10)14/h5-7,14H,2-4,8H2,1H3. The van der Waals surface area contributed by atoms with Gasteiger partial charge >= 0.3 is 0 Å². The second-order valence-electron chi connectivity index (χ2n) is 3.11. The smallest absolute Gasteiger partial charge is 0.164 e. The molecule has 0 aliphatic carbocycles. The van der Waals surface area contributed by atoms with E-state index in [1.807, 2.05) is 6.07 Å². The van der Waals surface area contributed by atoms with Gasteiger partial charge in [-0.15, -0.1) is 0 Å². The van der Waals surface area contributed by atoms with Crippen molar-refractivity contribution >= 4 is 15.9 Å². The van der Waals surface area contributed by atoms with E-state index in [2.05, 4.69) is 27.8 Å². The van der Waals surface area contributed by atoms with Crippen LogP contribution in [0.5, 0.6) is 0 Å². The molecule has 0 fully saturated rings. The SMILES string of the molecule is CCCCCN=c1cccc(Br)n1O. The second-order valence-corrected chi connectivity index (χ2v) is 3.92. The van der Waals surface area contributed by atoms with Crippen LogP contribution in [0.15, 0.2) is 27.8 Å². The number of pyridine rings is 1. The van der Waals surface area contributed by atoms with Gasteiger partial charge in [0.15, 0.2) is 5.49 Å². The molecule has 0 bridgehead atoms. The van der Waals surface area contributed by atoms with E-state index in [9.17, 15) is 5.21 Å². The molecule has 78 valence electrons. The molecule has 0 saturated carbocycles. The molecule has 0 aliphatic heterocycles. The maximum Gasteiger partial charge on any atom is 0.164 e. The highest BCUT2D eigenvalue weighted by atomic mass is 79.9. The molecular formula is C10H15BrN2O. The quantitative estimate of drug-likeness (QED) is 0.503. The van der Waals surface area contributed by atoms with Crippen molar-refractivity contribution in [3.05, 3.63) is 28.3 Å². The van der Waals surface area contributed by atoms with Gasteiger partial charge < -0.3 is 5.21 Å². The molecule has 1 aromatic rings. The predicted octanol–water partition coefficient (Wildman–Crippen LogP) is 2.58. The monoisotopic (exact) mass is 258 g/mol. The molecule has 0 amide bonds. The Morgan fingerprint density at radius 1 is 1.43 bits per heavy atom. The van der Waals surface area contributed by atoms with E-state index in [-0.39, 0.29) is 0 Å². The van der Waals surface area contributed by atoms with Gasteiger partial charge in [-0.05, 0) is 34.5 Å². The molecule has 1 N–H and O–H groups in total. The third-order valence-corrected chi connectivity index (χ3v) is 2.53. The van der Waals surface area contributed by atoms with Crippen LogP contribution >= 0.6 is 15.9 Å². The van der Waals surface area contributed by atoms with Crippen LogP contribution in [0.25, 0.3) is 0 Å². The van der Waals surface area contributed by atoms with Crippen molar-refractivity contribution in [1.82, 2.24) is 4.73 Å². The Bertz CT molecular complexity index is 346. The number of hydrogen-bond donors (Lipinski definition) is 1. The molecule has 3 nitrogen and oxygen atoms in total. The fourth-order valence-electron chi connectivity index (χ4n) is 1.14. The van der Waals surface area contributed by atoms with E-state index < -0.39 is 0 Å². The molecule has 0 aliphatic rings. The average Bonchev–Trinajstić information content (AvgIpc) is 2.19. The second kappa shape index (κ2) is 5.86. The van der Waals surface area contributed by atoms with Crippen LogP contribution in [0, 0.1) is 0 Å². The van der Waals surface area contributed by atoms with Crippen LogP contribution < -0.4 is 5.49 Å². The van der Waals surface area contributed by atoms with Crippen molar-refractivity contribution in [2.24, 2.45) is 4.99 Å². The fraction of sp³-hybridized carbons (Fsp3) is 0.500. The summed E-state index contributed by atoms with van der Waals surface area (Å²) in [5.41, 5.74) is 0.593. The lowest BCUT2D eigenvalue weighted by Crippen LogP contribution is -2.19. The summed E-state index contributed by atoms with van der Waals surface area (Å²) >= 11 is 3.22. The Morgan fingerprint density at radius 2 is 2.21 bits per heavy atom. The molecule has 0 saturated heterocycles. The van der Waals surface area contributed by atoms with E-state index in [1.54, 1.807) is 12.1 Å². The summed E-state index contributed by atoms with van der Waals surface area (Å²) in [5.74, 6) is 0. The third-order valence-electron chi connectivity index (χ3n) is 1.93. The summed E-state index contributed by atoms with van der Waals surface area (Å²) in [7, 11) is 0. The van der Waals surface area contributed by atoms with Gasteiger partial charge in [0.25, 0.3) is 0 Å². The Morgan fingerprint density at radius 3 is 2.93 bits per heavy atom. The maximum absolute atomic E-state index is 9.53. The van der Waals surface area contributed by atoms with Crippen LogP contribution in [-0.4, -0.2) is 16.5 Å².